The highest BCUT2D eigenvalue weighted by Crippen LogP contribution is 2.42. The van der Waals surface area contributed by atoms with E-state index in [0.717, 1.165) is 11.1 Å². The van der Waals surface area contributed by atoms with E-state index < -0.39 is 5.91 Å². The number of nitrogens with one attached hydrogen (secondary N) is 1. The summed E-state index contributed by atoms with van der Waals surface area (Å²) in [4.78, 5) is 26.1. The van der Waals surface area contributed by atoms with Crippen molar-refractivity contribution in [2.24, 2.45) is 10.2 Å². The van der Waals surface area contributed by atoms with Crippen molar-refractivity contribution in [1.29, 1.82) is 0 Å². The van der Waals surface area contributed by atoms with Crippen molar-refractivity contribution in [2.75, 3.05) is 11.1 Å². The summed E-state index contributed by atoms with van der Waals surface area (Å²) < 4.78 is 0. The molecule has 0 atom stereocenters. The lowest BCUT2D eigenvalue weighted by Crippen LogP contribution is -2.12. The van der Waals surface area contributed by atoms with E-state index >= 15 is 0 Å². The molecule has 0 bridgehead atoms. The summed E-state index contributed by atoms with van der Waals surface area (Å²) in [6.45, 7) is 0. The Morgan fingerprint density at radius 1 is 0.816 bits per heavy atom. The number of nitrogens with zero attached hydrogens (tertiary/aromatic N) is 2. The monoisotopic (exact) mass is 518 g/mol. The number of nitrogens with two attached hydrogens (primary N) is 1. The molecule has 38 heavy (non-hydrogen) atoms. The Labute approximate surface area is 222 Å². The molecule has 0 heterocycles. The second kappa shape index (κ2) is 9.14. The number of hydrogen-bond donors (Lipinski definition) is 3. The second-order valence-electron chi connectivity index (χ2n) is 8.84. The number of carbonyl (C=O) groups is 2. The van der Waals surface area contributed by atoms with Gasteiger partial charge in [0.2, 0.25) is 0 Å². The summed E-state index contributed by atoms with van der Waals surface area (Å²) in [5, 5.41) is 24.2. The largest absolute Gasteiger partial charge is 0.505 e. The zero-order valence-electron chi connectivity index (χ0n) is 19.8. The first-order valence-electron chi connectivity index (χ1n) is 11.7. The van der Waals surface area contributed by atoms with Crippen LogP contribution in [0, 0.1) is 0 Å². The summed E-state index contributed by atoms with van der Waals surface area (Å²) >= 11 is 6.19. The van der Waals surface area contributed by atoms with Crippen molar-refractivity contribution in [3.8, 4) is 16.9 Å². The lowest BCUT2D eigenvalue weighted by atomic mass is 10.0. The summed E-state index contributed by atoms with van der Waals surface area (Å²) in [7, 11) is 0. The van der Waals surface area contributed by atoms with E-state index in [2.05, 4.69) is 15.5 Å². The summed E-state index contributed by atoms with van der Waals surface area (Å²) in [5.74, 6) is -0.999. The normalized spacial score (nSPS) is 12.1. The van der Waals surface area contributed by atoms with E-state index in [4.69, 9.17) is 17.3 Å². The number of para-hydroxylation sites is 1. The number of carbonyl (C=O) groups excluding carboxylic acids is 2. The molecule has 0 saturated heterocycles. The Bertz CT molecular complexity index is 1830. The summed E-state index contributed by atoms with van der Waals surface area (Å²) in [6.07, 6.45) is 0. The van der Waals surface area contributed by atoms with E-state index in [0.29, 0.717) is 44.0 Å². The maximum absolute atomic E-state index is 13.1. The van der Waals surface area contributed by atoms with Gasteiger partial charge in [-0.25, -0.2) is 0 Å². The summed E-state index contributed by atoms with van der Waals surface area (Å²) in [5.41, 5.74) is 10.1. The maximum atomic E-state index is 13.1. The average molecular weight is 519 g/mol. The van der Waals surface area contributed by atoms with Crippen LogP contribution in [0.25, 0.3) is 21.9 Å². The van der Waals surface area contributed by atoms with Gasteiger partial charge in [-0.2, -0.15) is 5.11 Å². The molecule has 184 valence electrons. The Balaban J connectivity index is 1.39. The predicted molar refractivity (Wildman–Crippen MR) is 149 cm³/mol. The van der Waals surface area contributed by atoms with Crippen LogP contribution in [0.4, 0.5) is 22.7 Å². The topological polar surface area (TPSA) is 117 Å². The van der Waals surface area contributed by atoms with Crippen LogP contribution in [-0.2, 0) is 0 Å². The number of phenols is 1. The molecule has 0 radical (unpaired) electrons. The number of aromatic hydroxyl groups is 1. The zero-order chi connectivity index (χ0) is 26.4. The van der Waals surface area contributed by atoms with Crippen molar-refractivity contribution < 1.29 is 14.7 Å². The molecule has 1 aliphatic carbocycles. The van der Waals surface area contributed by atoms with Crippen molar-refractivity contribution in [1.82, 2.24) is 0 Å². The van der Waals surface area contributed by atoms with Crippen molar-refractivity contribution in [2.45, 2.75) is 0 Å². The summed E-state index contributed by atoms with van der Waals surface area (Å²) in [6, 6.07) is 26.1. The molecule has 5 aromatic rings. The quantitative estimate of drug-likeness (QED) is 0.164. The third-order valence-electron chi connectivity index (χ3n) is 6.45. The molecule has 0 fully saturated rings. The number of halogens is 1. The van der Waals surface area contributed by atoms with Gasteiger partial charge in [0.15, 0.2) is 11.5 Å². The highest BCUT2D eigenvalue weighted by molar-refractivity contribution is 6.34. The van der Waals surface area contributed by atoms with Gasteiger partial charge in [-0.15, -0.1) is 5.11 Å². The SMILES string of the molecule is Nc1ccc2c(c1)C(=O)c1cc(N=Nc3c(O)c(C(=O)Nc4ccccc4Cl)cc4ccccc34)ccc1-2. The van der Waals surface area contributed by atoms with Gasteiger partial charge in [0.1, 0.15) is 5.69 Å². The van der Waals surface area contributed by atoms with Gasteiger partial charge in [0.05, 0.1) is 22.0 Å². The van der Waals surface area contributed by atoms with Crippen LogP contribution in [0.2, 0.25) is 5.02 Å². The number of phenolic OH excluding ortho intramolecular Hbond substituents is 1. The van der Waals surface area contributed by atoms with Crippen LogP contribution in [0.15, 0.2) is 101 Å². The highest BCUT2D eigenvalue weighted by Gasteiger charge is 2.27. The smallest absolute Gasteiger partial charge is 0.259 e. The molecule has 7 nitrogen and oxygen atoms in total. The molecular weight excluding hydrogens is 500 g/mol. The van der Waals surface area contributed by atoms with Gasteiger partial charge in [0.25, 0.3) is 5.91 Å². The third kappa shape index (κ3) is 3.95. The Morgan fingerprint density at radius 3 is 2.34 bits per heavy atom. The molecule has 0 aliphatic heterocycles. The zero-order valence-corrected chi connectivity index (χ0v) is 20.5. The van der Waals surface area contributed by atoms with Crippen molar-refractivity contribution in [3.63, 3.8) is 0 Å². The van der Waals surface area contributed by atoms with Crippen LogP contribution in [-0.4, -0.2) is 16.8 Å². The molecule has 0 unspecified atom stereocenters. The average Bonchev–Trinajstić information content (AvgIpc) is 3.19. The number of amides is 1. The van der Waals surface area contributed by atoms with Crippen LogP contribution >= 0.6 is 11.6 Å². The molecule has 0 spiro atoms. The molecule has 6 rings (SSSR count). The number of azo groups is 1. The maximum Gasteiger partial charge on any atom is 0.259 e. The fraction of sp³-hybridized carbons (Fsp3) is 0. The van der Waals surface area contributed by atoms with E-state index in [1.54, 1.807) is 66.7 Å². The van der Waals surface area contributed by atoms with Gasteiger partial charge in [0, 0.05) is 22.2 Å². The number of rotatable bonds is 4. The van der Waals surface area contributed by atoms with Gasteiger partial charge in [-0.05, 0) is 59.0 Å². The van der Waals surface area contributed by atoms with Gasteiger partial charge >= 0.3 is 0 Å². The number of hydrogen-bond acceptors (Lipinski definition) is 6. The van der Waals surface area contributed by atoms with E-state index in [1.807, 2.05) is 24.3 Å². The second-order valence-corrected chi connectivity index (χ2v) is 9.25. The van der Waals surface area contributed by atoms with Gasteiger partial charge < -0.3 is 16.2 Å². The number of fused-ring (bicyclic) bond motifs is 4. The molecule has 1 amide bonds. The Morgan fingerprint density at radius 2 is 1.53 bits per heavy atom. The van der Waals surface area contributed by atoms with E-state index in [-0.39, 0.29) is 22.8 Å². The van der Waals surface area contributed by atoms with E-state index in [9.17, 15) is 14.7 Å². The Kier molecular flexibility index (Phi) is 5.62. The fourth-order valence-electron chi connectivity index (χ4n) is 4.60. The first kappa shape index (κ1) is 23.4. The number of nitrogen functional groups attached to an aromatic ring is 1. The minimum absolute atomic E-state index is 0.0229. The number of anilines is 2. The van der Waals surface area contributed by atoms with Gasteiger partial charge in [-0.3, -0.25) is 9.59 Å². The predicted octanol–water partition coefficient (Wildman–Crippen LogP) is 7.66. The molecule has 8 heteroatoms. The van der Waals surface area contributed by atoms with Crippen LogP contribution in [0.5, 0.6) is 5.75 Å². The van der Waals surface area contributed by atoms with Crippen LogP contribution in [0.3, 0.4) is 0 Å². The molecular formula is C30H19ClN4O3. The standard InChI is InChI=1S/C30H19ClN4O3/c31-25-7-3-4-8-26(25)33-30(38)24-13-16-5-1-2-6-19(16)27(29(24)37)35-34-18-10-12-21-20-11-9-17(32)14-22(20)28(36)23(21)15-18/h1-15,37H,32H2,(H,33,38). The van der Waals surface area contributed by atoms with Crippen molar-refractivity contribution >= 4 is 56.8 Å². The van der Waals surface area contributed by atoms with E-state index in [1.165, 1.54) is 0 Å². The fourth-order valence-corrected chi connectivity index (χ4v) is 4.78. The van der Waals surface area contributed by atoms with Crippen molar-refractivity contribution in [3.05, 3.63) is 113 Å². The number of benzene rings is 5. The lowest BCUT2D eigenvalue weighted by Gasteiger charge is -2.12. The molecule has 4 N–H and O–H groups in total. The first-order valence-corrected chi connectivity index (χ1v) is 12.1. The number of ketones is 1. The molecule has 0 saturated carbocycles. The molecule has 1 aliphatic rings. The van der Waals surface area contributed by atoms with Crippen LogP contribution in [0.1, 0.15) is 26.3 Å². The lowest BCUT2D eigenvalue weighted by molar-refractivity contribution is 0.102. The minimum atomic E-state index is -0.544. The first-order chi connectivity index (χ1) is 18.4. The highest BCUT2D eigenvalue weighted by atomic mass is 35.5. The van der Waals surface area contributed by atoms with Gasteiger partial charge in [-0.1, -0.05) is 60.1 Å². The molecule has 5 aromatic carbocycles. The van der Waals surface area contributed by atoms with Crippen LogP contribution < -0.4 is 11.1 Å². The minimum Gasteiger partial charge on any atom is -0.505 e. The third-order valence-corrected chi connectivity index (χ3v) is 6.78. The Hall–Kier alpha value is -5.01. The molecule has 0 aromatic heterocycles.